The summed E-state index contributed by atoms with van der Waals surface area (Å²) in [5.74, 6) is -0.493. The van der Waals surface area contributed by atoms with Crippen molar-refractivity contribution in [2.24, 2.45) is 0 Å². The molecular weight excluding hydrogens is 474 g/mol. The second-order valence-corrected chi connectivity index (χ2v) is 10.9. The highest BCUT2D eigenvalue weighted by Crippen LogP contribution is 2.28. The van der Waals surface area contributed by atoms with Gasteiger partial charge in [-0.3, -0.25) is 4.79 Å². The van der Waals surface area contributed by atoms with Crippen LogP contribution in [0.15, 0.2) is 58.5 Å². The number of hydrogen-bond acceptors (Lipinski definition) is 7. The van der Waals surface area contributed by atoms with E-state index < -0.39 is 16.0 Å². The van der Waals surface area contributed by atoms with Gasteiger partial charge in [0.25, 0.3) is 0 Å². The van der Waals surface area contributed by atoms with Crippen molar-refractivity contribution < 1.29 is 22.7 Å². The number of methoxy groups -OCH3 is 1. The zero-order chi connectivity index (χ0) is 24.3. The Balaban J connectivity index is 1.43. The first-order valence-corrected chi connectivity index (χ1v) is 13.2. The number of carbonyl (C=O) groups is 2. The molecule has 4 rings (SSSR count). The molecule has 1 saturated heterocycles. The van der Waals surface area contributed by atoms with Crippen molar-refractivity contribution in [1.82, 2.24) is 9.29 Å². The van der Waals surface area contributed by atoms with Gasteiger partial charge in [0.15, 0.2) is 0 Å². The molecule has 0 spiro atoms. The van der Waals surface area contributed by atoms with E-state index in [1.54, 1.807) is 42.5 Å². The first-order valence-electron chi connectivity index (χ1n) is 10.8. The Morgan fingerprint density at radius 1 is 1.09 bits per heavy atom. The number of fused-ring (bicyclic) bond motifs is 1. The number of aryl methyl sites for hydroxylation is 1. The zero-order valence-electron chi connectivity index (χ0n) is 18.9. The van der Waals surface area contributed by atoms with Gasteiger partial charge in [-0.2, -0.15) is 4.31 Å². The van der Waals surface area contributed by atoms with Gasteiger partial charge in [-0.05, 0) is 73.9 Å². The summed E-state index contributed by atoms with van der Waals surface area (Å²) in [6, 6.07) is 13.3. The number of aromatic nitrogens is 1. The van der Waals surface area contributed by atoms with Crippen LogP contribution in [-0.4, -0.2) is 55.5 Å². The summed E-state index contributed by atoms with van der Waals surface area (Å²) < 4.78 is 32.0. The first-order chi connectivity index (χ1) is 16.3. The fourth-order valence-electron chi connectivity index (χ4n) is 3.80. The van der Waals surface area contributed by atoms with E-state index in [0.29, 0.717) is 34.9 Å². The molecule has 2 aromatic carbocycles. The maximum absolute atomic E-state index is 12.9. The van der Waals surface area contributed by atoms with Crippen LogP contribution in [0.5, 0.6) is 0 Å². The van der Waals surface area contributed by atoms with Gasteiger partial charge in [0.05, 0.1) is 33.9 Å². The first kappa shape index (κ1) is 24.2. The van der Waals surface area contributed by atoms with Crippen LogP contribution >= 0.6 is 11.8 Å². The number of esters is 1. The van der Waals surface area contributed by atoms with E-state index in [-0.39, 0.29) is 16.6 Å². The number of hydrogen-bond donors (Lipinski definition) is 1. The lowest BCUT2D eigenvalue weighted by atomic mass is 10.1. The number of rotatable bonds is 7. The van der Waals surface area contributed by atoms with Gasteiger partial charge < -0.3 is 10.1 Å². The molecule has 1 aliphatic rings. The number of sulfonamides is 1. The minimum Gasteiger partial charge on any atom is -0.465 e. The molecule has 178 valence electrons. The highest BCUT2D eigenvalue weighted by Gasteiger charge is 2.27. The Labute approximate surface area is 202 Å². The number of benzene rings is 2. The molecule has 2 heterocycles. The van der Waals surface area contributed by atoms with Crippen LogP contribution in [0.2, 0.25) is 0 Å². The van der Waals surface area contributed by atoms with Gasteiger partial charge in [-0.15, -0.1) is 0 Å². The average molecular weight is 500 g/mol. The highest BCUT2D eigenvalue weighted by atomic mass is 32.2. The number of nitrogens with one attached hydrogen (secondary N) is 1. The van der Waals surface area contributed by atoms with Crippen molar-refractivity contribution in [3.05, 3.63) is 59.7 Å². The summed E-state index contributed by atoms with van der Waals surface area (Å²) in [7, 11) is -2.18. The topological polar surface area (TPSA) is 106 Å². The Kier molecular flexibility index (Phi) is 7.20. The Hall–Kier alpha value is -2.95. The fourth-order valence-corrected chi connectivity index (χ4v) is 6.12. The SMILES string of the molecule is COC(=O)c1ccc(NC(=O)CSc2cc(C)c3cc(S(=O)(=O)N4CCCC4)ccc3n2)cc1. The molecule has 0 saturated carbocycles. The minimum absolute atomic E-state index is 0.151. The molecule has 1 fully saturated rings. The normalized spacial score (nSPS) is 14.3. The molecule has 1 amide bonds. The van der Waals surface area contributed by atoms with Gasteiger partial charge in [0, 0.05) is 24.2 Å². The molecule has 1 aliphatic heterocycles. The maximum Gasteiger partial charge on any atom is 0.337 e. The van der Waals surface area contributed by atoms with Crippen LogP contribution in [-0.2, 0) is 19.6 Å². The van der Waals surface area contributed by atoms with Gasteiger partial charge in [0.2, 0.25) is 15.9 Å². The van der Waals surface area contributed by atoms with Crippen LogP contribution in [0.25, 0.3) is 10.9 Å². The molecule has 34 heavy (non-hydrogen) atoms. The molecule has 0 atom stereocenters. The number of nitrogens with zero attached hydrogens (tertiary/aromatic N) is 2. The van der Waals surface area contributed by atoms with E-state index in [4.69, 9.17) is 0 Å². The van der Waals surface area contributed by atoms with Crippen molar-refractivity contribution in [1.29, 1.82) is 0 Å². The highest BCUT2D eigenvalue weighted by molar-refractivity contribution is 7.99. The van der Waals surface area contributed by atoms with E-state index in [1.807, 2.05) is 13.0 Å². The summed E-state index contributed by atoms with van der Waals surface area (Å²) in [4.78, 5) is 28.8. The van der Waals surface area contributed by atoms with Crippen molar-refractivity contribution >= 4 is 50.3 Å². The van der Waals surface area contributed by atoms with Gasteiger partial charge in [-0.25, -0.2) is 18.2 Å². The lowest BCUT2D eigenvalue weighted by molar-refractivity contribution is -0.113. The molecule has 0 radical (unpaired) electrons. The van der Waals surface area contributed by atoms with Crippen LogP contribution in [0, 0.1) is 6.92 Å². The number of anilines is 1. The second kappa shape index (κ2) is 10.1. The van der Waals surface area contributed by atoms with Crippen molar-refractivity contribution in [3.63, 3.8) is 0 Å². The monoisotopic (exact) mass is 499 g/mol. The van der Waals surface area contributed by atoms with Crippen LogP contribution in [0.4, 0.5) is 5.69 Å². The molecular formula is C24H25N3O5S2. The molecule has 1 aromatic heterocycles. The van der Waals surface area contributed by atoms with Crippen molar-refractivity contribution in [2.45, 2.75) is 29.7 Å². The molecule has 10 heteroatoms. The third-order valence-corrected chi connectivity index (χ3v) is 8.41. The number of carbonyl (C=O) groups excluding carboxylic acids is 2. The number of ether oxygens (including phenoxy) is 1. The molecule has 0 aliphatic carbocycles. The lowest BCUT2D eigenvalue weighted by Crippen LogP contribution is -2.27. The fraction of sp³-hybridized carbons (Fsp3) is 0.292. The summed E-state index contributed by atoms with van der Waals surface area (Å²) in [6.45, 7) is 3.03. The van der Waals surface area contributed by atoms with E-state index in [1.165, 1.54) is 23.2 Å². The van der Waals surface area contributed by atoms with Gasteiger partial charge in [0.1, 0.15) is 0 Å². The van der Waals surface area contributed by atoms with Crippen LogP contribution in [0.3, 0.4) is 0 Å². The van der Waals surface area contributed by atoms with E-state index in [0.717, 1.165) is 23.8 Å². The van der Waals surface area contributed by atoms with Crippen molar-refractivity contribution in [2.75, 3.05) is 31.3 Å². The smallest absolute Gasteiger partial charge is 0.337 e. The van der Waals surface area contributed by atoms with Crippen LogP contribution in [0.1, 0.15) is 28.8 Å². The number of amides is 1. The average Bonchev–Trinajstić information content (AvgIpc) is 3.39. The molecule has 8 nitrogen and oxygen atoms in total. The maximum atomic E-state index is 12.9. The van der Waals surface area contributed by atoms with Gasteiger partial charge in [-0.1, -0.05) is 11.8 Å². The molecule has 0 unspecified atom stereocenters. The quantitative estimate of drug-likeness (QED) is 0.389. The number of thioether (sulfide) groups is 1. The van der Waals surface area contributed by atoms with Crippen molar-refractivity contribution in [3.8, 4) is 0 Å². The van der Waals surface area contributed by atoms with Gasteiger partial charge >= 0.3 is 5.97 Å². The Morgan fingerprint density at radius 2 is 1.79 bits per heavy atom. The molecule has 3 aromatic rings. The Morgan fingerprint density at radius 3 is 2.47 bits per heavy atom. The predicted octanol–water partition coefficient (Wildman–Crippen LogP) is 3.85. The Bertz CT molecular complexity index is 1330. The lowest BCUT2D eigenvalue weighted by Gasteiger charge is -2.16. The standard InChI is InChI=1S/C24H25N3O5S2/c1-16-13-23(33-15-22(28)25-18-7-5-17(6-8-18)24(29)32-2)26-21-10-9-19(14-20(16)21)34(30,31)27-11-3-4-12-27/h5-10,13-14H,3-4,11-12,15H2,1-2H3,(H,25,28). The molecule has 0 bridgehead atoms. The predicted molar refractivity (Wildman–Crippen MR) is 132 cm³/mol. The van der Waals surface area contributed by atoms with Crippen LogP contribution < -0.4 is 5.32 Å². The number of pyridine rings is 1. The summed E-state index contributed by atoms with van der Waals surface area (Å²) in [5.41, 5.74) is 2.56. The largest absolute Gasteiger partial charge is 0.465 e. The minimum atomic E-state index is -3.50. The van der Waals surface area contributed by atoms with E-state index >= 15 is 0 Å². The third kappa shape index (κ3) is 5.24. The van der Waals surface area contributed by atoms with E-state index in [2.05, 4.69) is 15.0 Å². The summed E-state index contributed by atoms with van der Waals surface area (Å²) in [6.07, 6.45) is 1.78. The summed E-state index contributed by atoms with van der Waals surface area (Å²) in [5, 5.41) is 4.24. The second-order valence-electron chi connectivity index (χ2n) is 7.97. The van der Waals surface area contributed by atoms with E-state index in [9.17, 15) is 18.0 Å². The summed E-state index contributed by atoms with van der Waals surface area (Å²) >= 11 is 1.29. The zero-order valence-corrected chi connectivity index (χ0v) is 20.5. The third-order valence-electron chi connectivity index (χ3n) is 5.61. The molecule has 1 N–H and O–H groups in total.